The van der Waals surface area contributed by atoms with E-state index in [9.17, 15) is 35.2 Å². The van der Waals surface area contributed by atoms with Gasteiger partial charge in [0.1, 0.15) is 0 Å². The van der Waals surface area contributed by atoms with Gasteiger partial charge in [0, 0.05) is 22.3 Å². The van der Waals surface area contributed by atoms with Crippen LogP contribution in [0.2, 0.25) is 5.02 Å². The second-order valence-electron chi connectivity index (χ2n) is 6.82. The van der Waals surface area contributed by atoms with E-state index in [1.54, 1.807) is 0 Å². The number of sulfonamides is 1. The maximum atomic E-state index is 14.0. The molecule has 1 amide bonds. The van der Waals surface area contributed by atoms with Gasteiger partial charge in [0.05, 0.1) is 22.6 Å². The van der Waals surface area contributed by atoms with Crippen LogP contribution in [-0.4, -0.2) is 24.1 Å². The SMILES string of the molecule is NC(=O)C(c1ccccc1Cl)c1cc(S(N)(=O)=O)c(-c2cnn(C(F)F)c2)cc1C(F)(F)F. The highest BCUT2D eigenvalue weighted by Crippen LogP contribution is 2.43. The molecule has 176 valence electrons. The van der Waals surface area contributed by atoms with Crippen LogP contribution >= 0.6 is 11.6 Å². The number of aromatic nitrogens is 2. The fourth-order valence-electron chi connectivity index (χ4n) is 3.31. The zero-order valence-electron chi connectivity index (χ0n) is 16.2. The average Bonchev–Trinajstić information content (AvgIpc) is 3.18. The molecule has 0 radical (unpaired) electrons. The molecule has 2 aromatic carbocycles. The van der Waals surface area contributed by atoms with Crippen LogP contribution in [0.25, 0.3) is 11.1 Å². The number of nitrogens with zero attached hydrogens (tertiary/aromatic N) is 2. The molecule has 1 atom stereocenters. The van der Waals surface area contributed by atoms with Crippen molar-refractivity contribution in [3.63, 3.8) is 0 Å². The highest BCUT2D eigenvalue weighted by Gasteiger charge is 2.39. The third-order valence-corrected chi connectivity index (χ3v) is 5.98. The number of carbonyl (C=O) groups is 1. The third kappa shape index (κ3) is 4.99. The minimum atomic E-state index is -5.10. The topological polar surface area (TPSA) is 121 Å². The molecule has 1 heterocycles. The van der Waals surface area contributed by atoms with Crippen LogP contribution in [0.1, 0.15) is 29.2 Å². The zero-order chi connectivity index (χ0) is 24.7. The highest BCUT2D eigenvalue weighted by molar-refractivity contribution is 7.89. The lowest BCUT2D eigenvalue weighted by molar-refractivity contribution is -0.138. The van der Waals surface area contributed by atoms with E-state index in [2.05, 4.69) is 5.10 Å². The maximum Gasteiger partial charge on any atom is 0.416 e. The van der Waals surface area contributed by atoms with Crippen LogP contribution in [0.3, 0.4) is 0 Å². The van der Waals surface area contributed by atoms with Crippen molar-refractivity contribution in [2.24, 2.45) is 10.9 Å². The minimum absolute atomic E-state index is 0.0890. The molecule has 0 bridgehead atoms. The Kier molecular flexibility index (Phi) is 6.51. The first kappa shape index (κ1) is 24.6. The molecule has 3 rings (SSSR count). The largest absolute Gasteiger partial charge is 0.416 e. The van der Waals surface area contributed by atoms with Crippen LogP contribution in [0.5, 0.6) is 0 Å². The molecule has 0 aliphatic heterocycles. The van der Waals surface area contributed by atoms with E-state index in [0.717, 1.165) is 6.20 Å². The molecule has 0 saturated carbocycles. The lowest BCUT2D eigenvalue weighted by atomic mass is 9.86. The van der Waals surface area contributed by atoms with Gasteiger partial charge in [0.25, 0.3) is 0 Å². The van der Waals surface area contributed by atoms with E-state index < -0.39 is 56.2 Å². The molecule has 0 aliphatic rings. The Morgan fingerprint density at radius 3 is 2.24 bits per heavy atom. The number of carbonyl (C=O) groups excluding carboxylic acids is 1. The van der Waals surface area contributed by atoms with Gasteiger partial charge in [-0.15, -0.1) is 0 Å². The Labute approximate surface area is 188 Å². The average molecular weight is 509 g/mol. The molecular formula is C19H14ClF5N4O3S. The zero-order valence-corrected chi connectivity index (χ0v) is 17.8. The van der Waals surface area contributed by atoms with Crippen molar-refractivity contribution in [3.05, 3.63) is 70.5 Å². The summed E-state index contributed by atoms with van der Waals surface area (Å²) in [4.78, 5) is 11.4. The van der Waals surface area contributed by atoms with Gasteiger partial charge in [-0.3, -0.25) is 4.79 Å². The predicted molar refractivity (Wildman–Crippen MR) is 108 cm³/mol. The van der Waals surface area contributed by atoms with Crippen LogP contribution in [0.15, 0.2) is 53.7 Å². The summed E-state index contributed by atoms with van der Waals surface area (Å²) in [6, 6.07) is 6.38. The number of nitrogens with two attached hydrogens (primary N) is 2. The van der Waals surface area contributed by atoms with E-state index in [4.69, 9.17) is 22.5 Å². The Hall–Kier alpha value is -3.03. The van der Waals surface area contributed by atoms with Gasteiger partial charge in [-0.2, -0.15) is 27.1 Å². The molecule has 7 nitrogen and oxygen atoms in total. The Bertz CT molecular complexity index is 1330. The number of rotatable bonds is 6. The van der Waals surface area contributed by atoms with Crippen molar-refractivity contribution in [1.82, 2.24) is 9.78 Å². The highest BCUT2D eigenvalue weighted by atomic mass is 35.5. The lowest BCUT2D eigenvalue weighted by Crippen LogP contribution is -2.26. The molecule has 3 aromatic rings. The fraction of sp³-hybridized carbons (Fsp3) is 0.158. The molecule has 33 heavy (non-hydrogen) atoms. The predicted octanol–water partition coefficient (Wildman–Crippen LogP) is 3.88. The number of halogens is 6. The number of primary amides is 1. The third-order valence-electron chi connectivity index (χ3n) is 4.69. The van der Waals surface area contributed by atoms with Crippen LogP contribution in [0, 0.1) is 0 Å². The Morgan fingerprint density at radius 2 is 1.76 bits per heavy atom. The first-order chi connectivity index (χ1) is 15.2. The van der Waals surface area contributed by atoms with E-state index in [0.29, 0.717) is 18.3 Å². The van der Waals surface area contributed by atoms with Gasteiger partial charge in [0.15, 0.2) is 0 Å². The molecular weight excluding hydrogens is 495 g/mol. The Balaban J connectivity index is 2.41. The van der Waals surface area contributed by atoms with E-state index in [1.165, 1.54) is 24.3 Å². The van der Waals surface area contributed by atoms with Gasteiger partial charge >= 0.3 is 12.7 Å². The van der Waals surface area contributed by atoms with E-state index >= 15 is 0 Å². The summed E-state index contributed by atoms with van der Waals surface area (Å²) in [6.45, 7) is -3.13. The van der Waals surface area contributed by atoms with E-state index in [-0.39, 0.29) is 20.8 Å². The number of primary sulfonamides is 1. The van der Waals surface area contributed by atoms with Gasteiger partial charge in [-0.25, -0.2) is 18.2 Å². The summed E-state index contributed by atoms with van der Waals surface area (Å²) in [5, 5.41) is 8.43. The molecule has 0 fully saturated rings. The van der Waals surface area contributed by atoms with Crippen LogP contribution in [-0.2, 0) is 21.0 Å². The molecule has 0 saturated heterocycles. The van der Waals surface area contributed by atoms with Crippen molar-refractivity contribution < 1.29 is 35.2 Å². The van der Waals surface area contributed by atoms with Crippen molar-refractivity contribution in [2.45, 2.75) is 23.5 Å². The van der Waals surface area contributed by atoms with Crippen molar-refractivity contribution >= 4 is 27.5 Å². The summed E-state index contributed by atoms with van der Waals surface area (Å²) in [7, 11) is -4.71. The monoisotopic (exact) mass is 508 g/mol. The summed E-state index contributed by atoms with van der Waals surface area (Å²) < 4.78 is 92.5. The minimum Gasteiger partial charge on any atom is -0.369 e. The molecule has 14 heteroatoms. The molecule has 0 aliphatic carbocycles. The summed E-state index contributed by atoms with van der Waals surface area (Å²) in [5.41, 5.74) is 2.02. The number of alkyl halides is 5. The van der Waals surface area contributed by atoms with Gasteiger partial charge in [0.2, 0.25) is 15.9 Å². The quantitative estimate of drug-likeness (QED) is 0.491. The lowest BCUT2D eigenvalue weighted by Gasteiger charge is -2.23. The summed E-state index contributed by atoms with van der Waals surface area (Å²) in [5.74, 6) is -3.04. The fourth-order valence-corrected chi connectivity index (χ4v) is 4.33. The van der Waals surface area contributed by atoms with Crippen molar-refractivity contribution in [1.29, 1.82) is 0 Å². The summed E-state index contributed by atoms with van der Waals surface area (Å²) in [6.07, 6.45) is -3.68. The smallest absolute Gasteiger partial charge is 0.369 e. The number of hydrogen-bond acceptors (Lipinski definition) is 4. The standard InChI is InChI=1S/C19H14ClF5N4O3S/c20-14-4-2-1-3-10(14)16(17(26)30)12-6-15(33(27,31)32)11(5-13(12)19(23,24)25)9-7-28-29(8-9)18(21)22/h1-8,16,18H,(H2,26,30)(H2,27,31,32). The Morgan fingerprint density at radius 1 is 1.12 bits per heavy atom. The number of benzene rings is 2. The number of amides is 1. The van der Waals surface area contributed by atoms with E-state index in [1.807, 2.05) is 0 Å². The second-order valence-corrected chi connectivity index (χ2v) is 8.76. The van der Waals surface area contributed by atoms with Gasteiger partial charge in [-0.1, -0.05) is 29.8 Å². The molecule has 1 aromatic heterocycles. The maximum absolute atomic E-state index is 14.0. The molecule has 1 unspecified atom stereocenters. The molecule has 4 N–H and O–H groups in total. The van der Waals surface area contributed by atoms with Gasteiger partial charge < -0.3 is 5.73 Å². The normalized spacial score (nSPS) is 13.3. The first-order valence-electron chi connectivity index (χ1n) is 8.86. The summed E-state index contributed by atoms with van der Waals surface area (Å²) >= 11 is 6.05. The first-order valence-corrected chi connectivity index (χ1v) is 10.8. The second kappa shape index (κ2) is 8.72. The van der Waals surface area contributed by atoms with Crippen LogP contribution < -0.4 is 10.9 Å². The van der Waals surface area contributed by atoms with Crippen molar-refractivity contribution in [3.8, 4) is 11.1 Å². The van der Waals surface area contributed by atoms with Crippen LogP contribution in [0.4, 0.5) is 22.0 Å². The van der Waals surface area contributed by atoms with Gasteiger partial charge in [-0.05, 0) is 29.3 Å². The molecule has 0 spiro atoms. The van der Waals surface area contributed by atoms with Crippen molar-refractivity contribution in [2.75, 3.05) is 0 Å². The number of hydrogen-bond donors (Lipinski definition) is 2.